The summed E-state index contributed by atoms with van der Waals surface area (Å²) >= 11 is 7.74. The van der Waals surface area contributed by atoms with Crippen LogP contribution < -0.4 is 5.32 Å². The van der Waals surface area contributed by atoms with Crippen LogP contribution in [0.15, 0.2) is 24.3 Å². The van der Waals surface area contributed by atoms with Crippen molar-refractivity contribution >= 4 is 29.3 Å². The Bertz CT molecular complexity index is 344. The molecule has 16 heavy (non-hydrogen) atoms. The molecule has 0 fully saturated rings. The molecular formula is C12H16ClNOS. The van der Waals surface area contributed by atoms with Crippen LogP contribution in [0.5, 0.6) is 0 Å². The highest BCUT2D eigenvalue weighted by Crippen LogP contribution is 2.14. The summed E-state index contributed by atoms with van der Waals surface area (Å²) in [6, 6.07) is 7.55. The number of benzene rings is 1. The number of thioether (sulfide) groups is 1. The third-order valence-corrected chi connectivity index (χ3v) is 3.25. The van der Waals surface area contributed by atoms with E-state index in [1.54, 1.807) is 11.8 Å². The SMILES string of the molecule is CSCCCC(=O)NCc1ccccc1Cl. The van der Waals surface area contributed by atoms with Crippen molar-refractivity contribution in [1.29, 1.82) is 0 Å². The summed E-state index contributed by atoms with van der Waals surface area (Å²) < 4.78 is 0. The average Bonchev–Trinajstić information content (AvgIpc) is 2.28. The Morgan fingerprint density at radius 1 is 1.44 bits per heavy atom. The molecule has 0 spiro atoms. The molecule has 0 aliphatic heterocycles. The second-order valence-electron chi connectivity index (χ2n) is 3.46. The number of hydrogen-bond acceptors (Lipinski definition) is 2. The van der Waals surface area contributed by atoms with Crippen molar-refractivity contribution in [3.8, 4) is 0 Å². The van der Waals surface area contributed by atoms with E-state index in [2.05, 4.69) is 5.32 Å². The number of amides is 1. The maximum absolute atomic E-state index is 11.4. The van der Waals surface area contributed by atoms with Crippen molar-refractivity contribution < 1.29 is 4.79 Å². The Balaban J connectivity index is 2.29. The van der Waals surface area contributed by atoms with Crippen molar-refractivity contribution in [2.75, 3.05) is 12.0 Å². The maximum Gasteiger partial charge on any atom is 0.220 e. The monoisotopic (exact) mass is 257 g/mol. The first kappa shape index (κ1) is 13.4. The summed E-state index contributed by atoms with van der Waals surface area (Å²) in [7, 11) is 0. The number of carbonyl (C=O) groups is 1. The molecule has 88 valence electrons. The highest BCUT2D eigenvalue weighted by Gasteiger charge is 2.02. The molecule has 1 aromatic carbocycles. The van der Waals surface area contributed by atoms with Gasteiger partial charge in [0.25, 0.3) is 0 Å². The number of halogens is 1. The molecule has 0 aliphatic rings. The van der Waals surface area contributed by atoms with Crippen molar-refractivity contribution in [2.24, 2.45) is 0 Å². The molecule has 0 aliphatic carbocycles. The summed E-state index contributed by atoms with van der Waals surface area (Å²) in [6.45, 7) is 0.512. The number of hydrogen-bond donors (Lipinski definition) is 1. The van der Waals surface area contributed by atoms with Crippen LogP contribution in [0.25, 0.3) is 0 Å². The first-order valence-electron chi connectivity index (χ1n) is 5.23. The number of nitrogens with one attached hydrogen (secondary N) is 1. The first-order chi connectivity index (χ1) is 7.74. The lowest BCUT2D eigenvalue weighted by Crippen LogP contribution is -2.22. The van der Waals surface area contributed by atoms with Crippen molar-refractivity contribution in [1.82, 2.24) is 5.32 Å². The Morgan fingerprint density at radius 3 is 2.88 bits per heavy atom. The molecule has 0 bridgehead atoms. The predicted molar refractivity (Wildman–Crippen MR) is 70.9 cm³/mol. The smallest absolute Gasteiger partial charge is 0.220 e. The molecule has 1 N–H and O–H groups in total. The topological polar surface area (TPSA) is 29.1 Å². The number of rotatable bonds is 6. The predicted octanol–water partition coefficient (Wildman–Crippen LogP) is 3.10. The third kappa shape index (κ3) is 4.90. The summed E-state index contributed by atoms with van der Waals surface area (Å²) in [5.41, 5.74) is 0.961. The molecular weight excluding hydrogens is 242 g/mol. The van der Waals surface area contributed by atoms with Gasteiger partial charge in [0.2, 0.25) is 5.91 Å². The molecule has 0 aromatic heterocycles. The summed E-state index contributed by atoms with van der Waals surface area (Å²) in [4.78, 5) is 11.4. The highest BCUT2D eigenvalue weighted by atomic mass is 35.5. The van der Waals surface area contributed by atoms with Gasteiger partial charge in [0.1, 0.15) is 0 Å². The molecule has 0 saturated carbocycles. The molecule has 0 heterocycles. The minimum atomic E-state index is 0.0916. The van der Waals surface area contributed by atoms with E-state index >= 15 is 0 Å². The molecule has 4 heteroatoms. The van der Waals surface area contributed by atoms with E-state index in [-0.39, 0.29) is 5.91 Å². The van der Waals surface area contributed by atoms with E-state index in [1.807, 2.05) is 30.5 Å². The largest absolute Gasteiger partial charge is 0.352 e. The van der Waals surface area contributed by atoms with Crippen LogP contribution in [-0.2, 0) is 11.3 Å². The highest BCUT2D eigenvalue weighted by molar-refractivity contribution is 7.98. The Hall–Kier alpha value is -0.670. The summed E-state index contributed by atoms with van der Waals surface area (Å²) in [5, 5.41) is 3.57. The van der Waals surface area contributed by atoms with E-state index in [0.717, 1.165) is 17.7 Å². The van der Waals surface area contributed by atoms with E-state index in [9.17, 15) is 4.79 Å². The fourth-order valence-corrected chi connectivity index (χ4v) is 1.94. The lowest BCUT2D eigenvalue weighted by atomic mass is 10.2. The molecule has 0 saturated heterocycles. The zero-order valence-corrected chi connectivity index (χ0v) is 10.9. The van der Waals surface area contributed by atoms with Gasteiger partial charge >= 0.3 is 0 Å². The van der Waals surface area contributed by atoms with Crippen LogP contribution in [0.3, 0.4) is 0 Å². The normalized spacial score (nSPS) is 10.1. The minimum absolute atomic E-state index is 0.0916. The first-order valence-corrected chi connectivity index (χ1v) is 7.00. The third-order valence-electron chi connectivity index (χ3n) is 2.19. The van der Waals surface area contributed by atoms with Gasteiger partial charge in [0.05, 0.1) is 0 Å². The van der Waals surface area contributed by atoms with Gasteiger partial charge < -0.3 is 5.32 Å². The van der Waals surface area contributed by atoms with Crippen LogP contribution in [-0.4, -0.2) is 17.9 Å². The van der Waals surface area contributed by atoms with Gasteiger partial charge in [-0.3, -0.25) is 4.79 Å². The van der Waals surface area contributed by atoms with Crippen LogP contribution in [0.2, 0.25) is 5.02 Å². The van der Waals surface area contributed by atoms with Gasteiger partial charge in [-0.05, 0) is 30.1 Å². The van der Waals surface area contributed by atoms with Crippen LogP contribution >= 0.6 is 23.4 Å². The fourth-order valence-electron chi connectivity index (χ4n) is 1.30. The average molecular weight is 258 g/mol. The number of carbonyl (C=O) groups excluding carboxylic acids is 1. The van der Waals surface area contributed by atoms with Gasteiger partial charge in [-0.2, -0.15) is 11.8 Å². The Labute approximate surface area is 106 Å². The van der Waals surface area contributed by atoms with E-state index in [0.29, 0.717) is 18.0 Å². The van der Waals surface area contributed by atoms with E-state index in [4.69, 9.17) is 11.6 Å². The Kier molecular flexibility index (Phi) is 6.34. The van der Waals surface area contributed by atoms with Gasteiger partial charge in [-0.25, -0.2) is 0 Å². The lowest BCUT2D eigenvalue weighted by molar-refractivity contribution is -0.121. The van der Waals surface area contributed by atoms with E-state index in [1.165, 1.54) is 0 Å². The Morgan fingerprint density at radius 2 is 2.19 bits per heavy atom. The maximum atomic E-state index is 11.4. The summed E-state index contributed by atoms with van der Waals surface area (Å²) in [5.74, 6) is 1.12. The zero-order valence-electron chi connectivity index (χ0n) is 9.33. The molecule has 0 radical (unpaired) electrons. The van der Waals surface area contributed by atoms with Crippen LogP contribution in [0, 0.1) is 0 Å². The minimum Gasteiger partial charge on any atom is -0.352 e. The van der Waals surface area contributed by atoms with Gasteiger partial charge in [0.15, 0.2) is 0 Å². The molecule has 1 amide bonds. The molecule has 2 nitrogen and oxygen atoms in total. The zero-order chi connectivity index (χ0) is 11.8. The molecule has 0 atom stereocenters. The molecule has 1 aromatic rings. The van der Waals surface area contributed by atoms with Crippen molar-refractivity contribution in [3.63, 3.8) is 0 Å². The van der Waals surface area contributed by atoms with Crippen molar-refractivity contribution in [2.45, 2.75) is 19.4 Å². The van der Waals surface area contributed by atoms with Crippen LogP contribution in [0.1, 0.15) is 18.4 Å². The lowest BCUT2D eigenvalue weighted by Gasteiger charge is -2.06. The quantitative estimate of drug-likeness (QED) is 0.794. The standard InChI is InChI=1S/C12H16ClNOS/c1-16-8-4-7-12(15)14-9-10-5-2-3-6-11(10)13/h2-3,5-6H,4,7-9H2,1H3,(H,14,15). The fraction of sp³-hybridized carbons (Fsp3) is 0.417. The van der Waals surface area contributed by atoms with E-state index < -0.39 is 0 Å². The molecule has 0 unspecified atom stereocenters. The van der Waals surface area contributed by atoms with Crippen molar-refractivity contribution in [3.05, 3.63) is 34.9 Å². The van der Waals surface area contributed by atoms with Gasteiger partial charge in [0, 0.05) is 18.0 Å². The van der Waals surface area contributed by atoms with Gasteiger partial charge in [-0.1, -0.05) is 29.8 Å². The van der Waals surface area contributed by atoms with Crippen LogP contribution in [0.4, 0.5) is 0 Å². The summed E-state index contributed by atoms with van der Waals surface area (Å²) in [6.07, 6.45) is 3.56. The second-order valence-corrected chi connectivity index (χ2v) is 4.86. The second kappa shape index (κ2) is 7.58. The van der Waals surface area contributed by atoms with Gasteiger partial charge in [-0.15, -0.1) is 0 Å². The molecule has 1 rings (SSSR count).